The first-order chi connectivity index (χ1) is 3.70. The Balaban J connectivity index is 2.60. The molecule has 0 aromatic rings. The van der Waals surface area contributed by atoms with E-state index in [1.165, 1.54) is 11.3 Å². The molecule has 0 saturated carbocycles. The minimum atomic E-state index is 0.843. The first kappa shape index (κ1) is 6.21. The fraction of sp³-hybridized carbons (Fsp3) is 0.714. The molecule has 0 spiro atoms. The van der Waals surface area contributed by atoms with Gasteiger partial charge in [0, 0.05) is 5.25 Å². The summed E-state index contributed by atoms with van der Waals surface area (Å²) in [4.78, 5) is 1.54. The lowest BCUT2D eigenvalue weighted by Crippen LogP contribution is -1.85. The van der Waals surface area contributed by atoms with Crippen molar-refractivity contribution in [3.8, 4) is 0 Å². The van der Waals surface area contributed by atoms with Crippen molar-refractivity contribution in [2.45, 2.75) is 32.4 Å². The summed E-state index contributed by atoms with van der Waals surface area (Å²) in [7, 11) is 0. The van der Waals surface area contributed by atoms with Crippen LogP contribution in [0.2, 0.25) is 0 Å². The molecule has 0 aromatic heterocycles. The van der Waals surface area contributed by atoms with Gasteiger partial charge in [-0.2, -0.15) is 0 Å². The number of rotatable bonds is 0. The maximum absolute atomic E-state index is 2.28. The molecule has 1 unspecified atom stereocenters. The number of allylic oxidation sites excluding steroid dienone is 2. The first-order valence-electron chi connectivity index (χ1n) is 3.03. The molecule has 1 aliphatic heterocycles. The van der Waals surface area contributed by atoms with Gasteiger partial charge in [-0.05, 0) is 25.2 Å². The Morgan fingerprint density at radius 3 is 2.25 bits per heavy atom. The smallest absolute Gasteiger partial charge is 0.0100 e. The molecule has 8 heavy (non-hydrogen) atoms. The van der Waals surface area contributed by atoms with Crippen molar-refractivity contribution < 1.29 is 0 Å². The van der Waals surface area contributed by atoms with E-state index in [9.17, 15) is 0 Å². The molecule has 0 fully saturated rings. The fourth-order valence-corrected chi connectivity index (χ4v) is 2.24. The summed E-state index contributed by atoms with van der Waals surface area (Å²) in [6, 6.07) is 0. The zero-order chi connectivity index (χ0) is 6.15. The largest absolute Gasteiger partial charge is 0.128 e. The topological polar surface area (TPSA) is 0 Å². The first-order valence-corrected chi connectivity index (χ1v) is 3.91. The molecule has 0 amide bonds. The minimum Gasteiger partial charge on any atom is -0.128 e. The summed E-state index contributed by atoms with van der Waals surface area (Å²) >= 11 is 2.01. The van der Waals surface area contributed by atoms with Gasteiger partial charge in [0.15, 0.2) is 0 Å². The lowest BCUT2D eigenvalue weighted by atomic mass is 10.2. The highest BCUT2D eigenvalue weighted by atomic mass is 32.2. The van der Waals surface area contributed by atoms with Crippen LogP contribution in [0.1, 0.15) is 27.2 Å². The van der Waals surface area contributed by atoms with E-state index in [-0.39, 0.29) is 0 Å². The highest BCUT2D eigenvalue weighted by Gasteiger charge is 2.13. The highest BCUT2D eigenvalue weighted by Crippen LogP contribution is 2.36. The fourth-order valence-electron chi connectivity index (χ4n) is 1.02. The predicted molar refractivity (Wildman–Crippen MR) is 40.0 cm³/mol. The van der Waals surface area contributed by atoms with Crippen LogP contribution in [0.15, 0.2) is 10.5 Å². The summed E-state index contributed by atoms with van der Waals surface area (Å²) in [5.41, 5.74) is 1.59. The quantitative estimate of drug-likeness (QED) is 0.483. The van der Waals surface area contributed by atoms with Crippen LogP contribution in [0.4, 0.5) is 0 Å². The van der Waals surface area contributed by atoms with Crippen LogP contribution in [-0.4, -0.2) is 5.25 Å². The summed E-state index contributed by atoms with van der Waals surface area (Å²) in [6.07, 6.45) is 1.30. The van der Waals surface area contributed by atoms with E-state index in [0.717, 1.165) is 5.25 Å². The van der Waals surface area contributed by atoms with Crippen LogP contribution < -0.4 is 0 Å². The Hall–Kier alpha value is 0.0900. The van der Waals surface area contributed by atoms with E-state index in [2.05, 4.69) is 20.8 Å². The van der Waals surface area contributed by atoms with Crippen molar-refractivity contribution >= 4 is 11.8 Å². The van der Waals surface area contributed by atoms with E-state index in [0.29, 0.717) is 0 Å². The number of hydrogen-bond acceptors (Lipinski definition) is 1. The Bertz CT molecular complexity index is 110. The van der Waals surface area contributed by atoms with Gasteiger partial charge >= 0.3 is 0 Å². The molecule has 46 valence electrons. The molecule has 1 rings (SSSR count). The third-order valence-corrected chi connectivity index (χ3v) is 2.84. The average Bonchev–Trinajstić information content (AvgIpc) is 1.85. The second-order valence-corrected chi connectivity index (χ2v) is 4.12. The molecule has 1 heteroatoms. The number of hydrogen-bond donors (Lipinski definition) is 0. The van der Waals surface area contributed by atoms with Crippen LogP contribution in [-0.2, 0) is 0 Å². The average molecular weight is 128 g/mol. The maximum atomic E-state index is 2.28. The standard InChI is InChI=1S/C7H12S/c1-5-4-6(2)8-7(5)3/h6H,4H2,1-3H3. The van der Waals surface area contributed by atoms with Gasteiger partial charge in [0.25, 0.3) is 0 Å². The zero-order valence-electron chi connectivity index (χ0n) is 5.69. The molecule has 0 nitrogen and oxygen atoms in total. The van der Waals surface area contributed by atoms with Gasteiger partial charge in [0.05, 0.1) is 0 Å². The molecule has 1 atom stereocenters. The Labute approximate surface area is 55.4 Å². The van der Waals surface area contributed by atoms with Crippen LogP contribution >= 0.6 is 11.8 Å². The zero-order valence-corrected chi connectivity index (χ0v) is 6.51. The summed E-state index contributed by atoms with van der Waals surface area (Å²) < 4.78 is 0. The van der Waals surface area contributed by atoms with Crippen molar-refractivity contribution in [1.82, 2.24) is 0 Å². The number of thioether (sulfide) groups is 1. The lowest BCUT2D eigenvalue weighted by Gasteiger charge is -1.95. The third-order valence-electron chi connectivity index (χ3n) is 1.57. The molecular weight excluding hydrogens is 116 g/mol. The molecule has 0 N–H and O–H groups in total. The van der Waals surface area contributed by atoms with Gasteiger partial charge in [0.2, 0.25) is 0 Å². The summed E-state index contributed by atoms with van der Waals surface area (Å²) in [6.45, 7) is 6.72. The van der Waals surface area contributed by atoms with Crippen LogP contribution in [0.25, 0.3) is 0 Å². The van der Waals surface area contributed by atoms with Crippen molar-refractivity contribution in [2.24, 2.45) is 0 Å². The lowest BCUT2D eigenvalue weighted by molar-refractivity contribution is 0.946. The second-order valence-electron chi connectivity index (χ2n) is 2.47. The molecule has 1 heterocycles. The molecule has 0 bridgehead atoms. The molecule has 0 aromatic carbocycles. The SMILES string of the molecule is CC1=C(C)SC(C)C1. The predicted octanol–water partition coefficient (Wildman–Crippen LogP) is 2.81. The van der Waals surface area contributed by atoms with Crippen molar-refractivity contribution in [2.75, 3.05) is 0 Å². The van der Waals surface area contributed by atoms with Crippen molar-refractivity contribution in [3.05, 3.63) is 10.5 Å². The highest BCUT2D eigenvalue weighted by molar-refractivity contribution is 8.03. The Kier molecular flexibility index (Phi) is 1.66. The van der Waals surface area contributed by atoms with Crippen LogP contribution in [0, 0.1) is 0 Å². The van der Waals surface area contributed by atoms with Crippen molar-refractivity contribution in [1.29, 1.82) is 0 Å². The van der Waals surface area contributed by atoms with E-state index in [4.69, 9.17) is 0 Å². The van der Waals surface area contributed by atoms with E-state index in [1.807, 2.05) is 11.8 Å². The molecule has 0 aliphatic carbocycles. The van der Waals surface area contributed by atoms with Crippen LogP contribution in [0.3, 0.4) is 0 Å². The third kappa shape index (κ3) is 1.08. The van der Waals surface area contributed by atoms with Gasteiger partial charge in [-0.25, -0.2) is 0 Å². The van der Waals surface area contributed by atoms with E-state index in [1.54, 1.807) is 5.57 Å². The normalized spacial score (nSPS) is 29.6. The van der Waals surface area contributed by atoms with E-state index >= 15 is 0 Å². The second kappa shape index (κ2) is 2.14. The van der Waals surface area contributed by atoms with Gasteiger partial charge in [-0.3, -0.25) is 0 Å². The van der Waals surface area contributed by atoms with Gasteiger partial charge < -0.3 is 0 Å². The van der Waals surface area contributed by atoms with Crippen LogP contribution in [0.5, 0.6) is 0 Å². The van der Waals surface area contributed by atoms with Gasteiger partial charge in [0.1, 0.15) is 0 Å². The molecule has 0 saturated heterocycles. The van der Waals surface area contributed by atoms with E-state index < -0.39 is 0 Å². The minimum absolute atomic E-state index is 0.843. The molecule has 1 aliphatic rings. The van der Waals surface area contributed by atoms with Gasteiger partial charge in [-0.1, -0.05) is 12.5 Å². The monoisotopic (exact) mass is 128 g/mol. The Morgan fingerprint density at radius 2 is 2.12 bits per heavy atom. The van der Waals surface area contributed by atoms with Gasteiger partial charge in [-0.15, -0.1) is 11.8 Å². The molecular formula is C7H12S. The Morgan fingerprint density at radius 1 is 1.50 bits per heavy atom. The molecule has 0 radical (unpaired) electrons. The van der Waals surface area contributed by atoms with Crippen molar-refractivity contribution in [3.63, 3.8) is 0 Å². The summed E-state index contributed by atoms with van der Waals surface area (Å²) in [5.74, 6) is 0. The summed E-state index contributed by atoms with van der Waals surface area (Å²) in [5, 5.41) is 0.843. The maximum Gasteiger partial charge on any atom is 0.0100 e.